The third kappa shape index (κ3) is 3.66. The zero-order valence-corrected chi connectivity index (χ0v) is 10.9. The number of carbonyl (C=O) groups excluding carboxylic acids is 2. The fourth-order valence-electron chi connectivity index (χ4n) is 1.56. The molecule has 1 aliphatic heterocycles. The fourth-order valence-corrected chi connectivity index (χ4v) is 1.56. The molecule has 1 fully saturated rings. The molecule has 2 rings (SSSR count). The van der Waals surface area contributed by atoms with Gasteiger partial charge in [-0.3, -0.25) is 0 Å². The number of esters is 2. The van der Waals surface area contributed by atoms with Gasteiger partial charge in [-0.25, -0.2) is 14.8 Å². The van der Waals surface area contributed by atoms with E-state index in [4.69, 9.17) is 14.7 Å². The maximum Gasteiger partial charge on any atom is 0.346 e. The van der Waals surface area contributed by atoms with Gasteiger partial charge in [-0.05, 0) is 19.1 Å². The number of carbonyl (C=O) groups is 2. The molecule has 1 aliphatic rings. The molecule has 1 N–H and O–H groups in total. The molecule has 0 amide bonds. The van der Waals surface area contributed by atoms with Gasteiger partial charge in [0.15, 0.2) is 5.76 Å². The molecule has 1 aromatic carbocycles. The van der Waals surface area contributed by atoms with Crippen LogP contribution in [0.25, 0.3) is 0 Å². The second-order valence-corrected chi connectivity index (χ2v) is 4.34. The van der Waals surface area contributed by atoms with Gasteiger partial charge in [0.25, 0.3) is 0 Å². The van der Waals surface area contributed by atoms with E-state index in [0.29, 0.717) is 6.61 Å². The maximum atomic E-state index is 11.8. The Morgan fingerprint density at radius 2 is 2.00 bits per heavy atom. The van der Waals surface area contributed by atoms with Crippen LogP contribution in [0, 0.1) is 0 Å². The summed E-state index contributed by atoms with van der Waals surface area (Å²) in [5, 5.41) is 8.77. The smallest absolute Gasteiger partial charge is 0.346 e. The zero-order chi connectivity index (χ0) is 14.5. The lowest BCUT2D eigenvalue weighted by molar-refractivity contribution is -0.207. The van der Waals surface area contributed by atoms with E-state index < -0.39 is 11.9 Å². The quantitative estimate of drug-likeness (QED) is 0.168. The normalized spacial score (nSPS) is 18.0. The summed E-state index contributed by atoms with van der Waals surface area (Å²) in [5.41, 5.74) is 0.304. The first-order valence-electron chi connectivity index (χ1n) is 6.06. The van der Waals surface area contributed by atoms with Crippen LogP contribution in [0.3, 0.4) is 0 Å². The molecule has 1 atom stereocenters. The van der Waals surface area contributed by atoms with Crippen LogP contribution in [-0.2, 0) is 19.2 Å². The third-order valence-electron chi connectivity index (χ3n) is 2.84. The van der Waals surface area contributed by atoms with Crippen molar-refractivity contribution in [1.82, 2.24) is 0 Å². The Balaban J connectivity index is 2.02. The standard InChI is InChI=1S/C14H14O6/c1-9(12(20-17)7-11-8-18-11)13(15)19-14(16)10-5-3-2-4-6-10/h2-6,11,17H,7-8H2,1H3. The number of hydrogen-bond acceptors (Lipinski definition) is 6. The molecule has 1 heterocycles. The van der Waals surface area contributed by atoms with Crippen LogP contribution in [0.1, 0.15) is 23.7 Å². The van der Waals surface area contributed by atoms with Crippen LogP contribution >= 0.6 is 0 Å². The summed E-state index contributed by atoms with van der Waals surface area (Å²) in [6.07, 6.45) is 0.196. The topological polar surface area (TPSA) is 85.4 Å². The molecule has 1 saturated heterocycles. The van der Waals surface area contributed by atoms with Crippen LogP contribution in [0.15, 0.2) is 41.7 Å². The Kier molecular flexibility index (Phi) is 4.49. The van der Waals surface area contributed by atoms with E-state index in [-0.39, 0.29) is 29.4 Å². The number of rotatable bonds is 5. The molecular weight excluding hydrogens is 264 g/mol. The van der Waals surface area contributed by atoms with Crippen molar-refractivity contribution in [2.45, 2.75) is 19.4 Å². The van der Waals surface area contributed by atoms with Gasteiger partial charge in [0.05, 0.1) is 23.8 Å². The Labute approximate surface area is 115 Å². The van der Waals surface area contributed by atoms with E-state index in [1.807, 2.05) is 0 Å². The average Bonchev–Trinajstić information content (AvgIpc) is 3.28. The fraction of sp³-hybridized carbons (Fsp3) is 0.286. The zero-order valence-electron chi connectivity index (χ0n) is 10.9. The van der Waals surface area contributed by atoms with E-state index in [2.05, 4.69) is 4.89 Å². The highest BCUT2D eigenvalue weighted by Crippen LogP contribution is 2.22. The molecule has 6 heteroatoms. The monoisotopic (exact) mass is 278 g/mol. The first-order chi connectivity index (χ1) is 9.61. The molecular formula is C14H14O6. The highest BCUT2D eigenvalue weighted by atomic mass is 17.1. The first kappa shape index (κ1) is 14.2. The van der Waals surface area contributed by atoms with Crippen molar-refractivity contribution in [3.8, 4) is 0 Å². The van der Waals surface area contributed by atoms with Crippen LogP contribution in [0.5, 0.6) is 0 Å². The summed E-state index contributed by atoms with van der Waals surface area (Å²) in [6, 6.07) is 8.15. The molecule has 1 aromatic rings. The molecule has 0 spiro atoms. The molecule has 0 saturated carbocycles. The van der Waals surface area contributed by atoms with Gasteiger partial charge in [-0.1, -0.05) is 18.2 Å². The van der Waals surface area contributed by atoms with E-state index in [1.54, 1.807) is 18.2 Å². The minimum absolute atomic E-state index is 0.0345. The van der Waals surface area contributed by atoms with Crippen molar-refractivity contribution in [3.05, 3.63) is 47.2 Å². The Morgan fingerprint density at radius 3 is 2.55 bits per heavy atom. The van der Waals surface area contributed by atoms with Crippen molar-refractivity contribution < 1.29 is 29.2 Å². The molecule has 6 nitrogen and oxygen atoms in total. The van der Waals surface area contributed by atoms with Crippen LogP contribution in [0.4, 0.5) is 0 Å². The SMILES string of the molecule is CC(C(=O)OC(=O)c1ccccc1)=C(CC1CO1)OO. The summed E-state index contributed by atoms with van der Waals surface area (Å²) in [7, 11) is 0. The lowest BCUT2D eigenvalue weighted by atomic mass is 10.2. The van der Waals surface area contributed by atoms with Crippen molar-refractivity contribution in [1.29, 1.82) is 0 Å². The predicted molar refractivity (Wildman–Crippen MR) is 67.6 cm³/mol. The van der Waals surface area contributed by atoms with E-state index in [0.717, 1.165) is 0 Å². The Morgan fingerprint density at radius 1 is 1.35 bits per heavy atom. The summed E-state index contributed by atoms with van der Waals surface area (Å²) in [4.78, 5) is 27.7. The van der Waals surface area contributed by atoms with Gasteiger partial charge >= 0.3 is 11.9 Å². The van der Waals surface area contributed by atoms with Crippen molar-refractivity contribution in [3.63, 3.8) is 0 Å². The van der Waals surface area contributed by atoms with Gasteiger partial charge in [0.2, 0.25) is 0 Å². The van der Waals surface area contributed by atoms with Gasteiger partial charge in [0, 0.05) is 6.42 Å². The number of ether oxygens (including phenoxy) is 2. The summed E-state index contributed by atoms with van der Waals surface area (Å²) < 4.78 is 9.69. The maximum absolute atomic E-state index is 11.8. The number of hydrogen-bond donors (Lipinski definition) is 1. The van der Waals surface area contributed by atoms with Gasteiger partial charge in [-0.15, -0.1) is 0 Å². The third-order valence-corrected chi connectivity index (χ3v) is 2.84. The molecule has 0 bridgehead atoms. The van der Waals surface area contributed by atoms with E-state index in [1.165, 1.54) is 19.1 Å². The Hall–Kier alpha value is -2.18. The van der Waals surface area contributed by atoms with Gasteiger partial charge in [0.1, 0.15) is 0 Å². The highest BCUT2D eigenvalue weighted by Gasteiger charge is 2.28. The van der Waals surface area contributed by atoms with Crippen molar-refractivity contribution in [2.24, 2.45) is 0 Å². The summed E-state index contributed by atoms with van der Waals surface area (Å²) >= 11 is 0. The van der Waals surface area contributed by atoms with Crippen LogP contribution in [-0.4, -0.2) is 29.9 Å². The highest BCUT2D eigenvalue weighted by molar-refractivity contribution is 6.02. The second-order valence-electron chi connectivity index (χ2n) is 4.34. The Bertz CT molecular complexity index is 530. The minimum atomic E-state index is -0.858. The van der Waals surface area contributed by atoms with Crippen LogP contribution < -0.4 is 0 Å². The molecule has 0 radical (unpaired) electrons. The average molecular weight is 278 g/mol. The summed E-state index contributed by atoms with van der Waals surface area (Å²) in [5.74, 6) is -1.57. The lowest BCUT2D eigenvalue weighted by Crippen LogP contribution is -2.15. The van der Waals surface area contributed by atoms with Crippen LogP contribution in [0.2, 0.25) is 0 Å². The molecule has 106 valence electrons. The van der Waals surface area contributed by atoms with E-state index >= 15 is 0 Å². The van der Waals surface area contributed by atoms with E-state index in [9.17, 15) is 9.59 Å². The molecule has 0 aliphatic carbocycles. The van der Waals surface area contributed by atoms with Crippen molar-refractivity contribution in [2.75, 3.05) is 6.61 Å². The first-order valence-corrected chi connectivity index (χ1v) is 6.06. The molecule has 20 heavy (non-hydrogen) atoms. The largest absolute Gasteiger partial charge is 0.386 e. The van der Waals surface area contributed by atoms with Crippen molar-refractivity contribution >= 4 is 11.9 Å². The number of benzene rings is 1. The van der Waals surface area contributed by atoms with Gasteiger partial charge < -0.3 is 14.4 Å². The minimum Gasteiger partial charge on any atom is -0.386 e. The predicted octanol–water partition coefficient (Wildman–Crippen LogP) is 1.92. The second kappa shape index (κ2) is 6.31. The molecule has 1 unspecified atom stereocenters. The molecule has 0 aromatic heterocycles. The van der Waals surface area contributed by atoms with Gasteiger partial charge in [-0.2, -0.15) is 0 Å². The lowest BCUT2D eigenvalue weighted by Gasteiger charge is -2.07. The summed E-state index contributed by atoms with van der Waals surface area (Å²) in [6.45, 7) is 1.96. The number of epoxide rings is 1.